The molecule has 0 bridgehead atoms. The van der Waals surface area contributed by atoms with Crippen LogP contribution in [0.2, 0.25) is 0 Å². The van der Waals surface area contributed by atoms with Gasteiger partial charge in [-0.15, -0.1) is 0 Å². The molecule has 9 heteroatoms. The van der Waals surface area contributed by atoms with Gasteiger partial charge in [0.25, 0.3) is 5.91 Å². The summed E-state index contributed by atoms with van der Waals surface area (Å²) >= 11 is 0. The van der Waals surface area contributed by atoms with E-state index in [-0.39, 0.29) is 24.5 Å². The highest BCUT2D eigenvalue weighted by molar-refractivity contribution is 6.05. The van der Waals surface area contributed by atoms with Gasteiger partial charge in [0.1, 0.15) is 0 Å². The quantitative estimate of drug-likeness (QED) is 0.199. The van der Waals surface area contributed by atoms with Crippen LogP contribution in [-0.2, 0) is 9.59 Å². The largest absolute Gasteiger partial charge is 0.404 e. The second kappa shape index (κ2) is 12.8. The molecule has 156 valence electrons. The predicted octanol–water partition coefficient (Wildman–Crippen LogP) is 0.236. The van der Waals surface area contributed by atoms with E-state index < -0.39 is 6.17 Å². The Kier molecular flexibility index (Phi) is 10.8. The third-order valence-electron chi connectivity index (χ3n) is 3.91. The van der Waals surface area contributed by atoms with Gasteiger partial charge in [-0.2, -0.15) is 0 Å². The Labute approximate surface area is 166 Å². The molecule has 9 N–H and O–H groups in total. The molecule has 9 nitrogen and oxygen atoms in total. The second-order valence-corrected chi connectivity index (χ2v) is 6.30. The standard InChI is InChI=1S/C19H33N7O2/c1-4-9-23-18(26-16(21)5-2)15(11-20)19(28)25-14-8-6-7-13(10-14)24-17(27)12-22-3/h6-8,10-11,16,18,22-23,26H,4-5,9,12,20-21H2,1-3H3,(H,24,27)(H,25,28)/b15-11+. The van der Waals surface area contributed by atoms with Gasteiger partial charge in [-0.05, 0) is 44.6 Å². The van der Waals surface area contributed by atoms with Crippen molar-refractivity contribution in [1.82, 2.24) is 16.0 Å². The normalized spacial score (nSPS) is 13.6. The Morgan fingerprint density at radius 3 is 2.43 bits per heavy atom. The van der Waals surface area contributed by atoms with Crippen molar-refractivity contribution < 1.29 is 9.59 Å². The number of benzene rings is 1. The van der Waals surface area contributed by atoms with Crippen LogP contribution in [0.4, 0.5) is 11.4 Å². The Balaban J connectivity index is 2.87. The lowest BCUT2D eigenvalue weighted by molar-refractivity contribution is -0.115. The fourth-order valence-electron chi connectivity index (χ4n) is 2.43. The summed E-state index contributed by atoms with van der Waals surface area (Å²) in [4.78, 5) is 24.5. The van der Waals surface area contributed by atoms with Gasteiger partial charge in [-0.3, -0.25) is 20.2 Å². The van der Waals surface area contributed by atoms with Crippen molar-refractivity contribution in [1.29, 1.82) is 0 Å². The van der Waals surface area contributed by atoms with E-state index in [0.29, 0.717) is 29.9 Å². The number of hydrogen-bond donors (Lipinski definition) is 7. The van der Waals surface area contributed by atoms with Crippen LogP contribution in [0, 0.1) is 0 Å². The number of carbonyl (C=O) groups is 2. The van der Waals surface area contributed by atoms with Gasteiger partial charge in [0.15, 0.2) is 0 Å². The first-order valence-electron chi connectivity index (χ1n) is 9.47. The van der Waals surface area contributed by atoms with Crippen LogP contribution < -0.4 is 38.1 Å². The fraction of sp³-hybridized carbons (Fsp3) is 0.474. The molecule has 0 heterocycles. The highest BCUT2D eigenvalue weighted by Crippen LogP contribution is 2.16. The SMILES string of the molecule is CCCNC(NC(N)CC)/C(=C\N)C(=O)Nc1cccc(NC(=O)CNC)c1. The summed E-state index contributed by atoms with van der Waals surface area (Å²) in [6.45, 7) is 4.88. The minimum absolute atomic E-state index is 0.171. The summed E-state index contributed by atoms with van der Waals surface area (Å²) in [6.07, 6.45) is 2.13. The molecule has 2 unspecified atom stereocenters. The van der Waals surface area contributed by atoms with Gasteiger partial charge in [-0.1, -0.05) is 19.9 Å². The van der Waals surface area contributed by atoms with E-state index in [2.05, 4.69) is 26.6 Å². The topological polar surface area (TPSA) is 146 Å². The van der Waals surface area contributed by atoms with Crippen molar-refractivity contribution in [3.63, 3.8) is 0 Å². The van der Waals surface area contributed by atoms with E-state index in [0.717, 1.165) is 6.42 Å². The molecule has 0 aliphatic rings. The molecule has 28 heavy (non-hydrogen) atoms. The summed E-state index contributed by atoms with van der Waals surface area (Å²) in [5, 5.41) is 14.7. The van der Waals surface area contributed by atoms with E-state index in [9.17, 15) is 9.59 Å². The van der Waals surface area contributed by atoms with Crippen molar-refractivity contribution in [2.75, 3.05) is 30.8 Å². The Morgan fingerprint density at radius 2 is 1.86 bits per heavy atom. The zero-order valence-electron chi connectivity index (χ0n) is 16.8. The first-order valence-corrected chi connectivity index (χ1v) is 9.47. The molecule has 2 atom stereocenters. The van der Waals surface area contributed by atoms with Crippen LogP contribution in [0.1, 0.15) is 26.7 Å². The summed E-state index contributed by atoms with van der Waals surface area (Å²) < 4.78 is 0. The maximum atomic E-state index is 12.8. The summed E-state index contributed by atoms with van der Waals surface area (Å²) in [5.41, 5.74) is 13.2. The number of hydrogen-bond acceptors (Lipinski definition) is 7. The van der Waals surface area contributed by atoms with Gasteiger partial charge < -0.3 is 27.4 Å². The van der Waals surface area contributed by atoms with E-state index in [4.69, 9.17) is 11.5 Å². The number of amides is 2. The van der Waals surface area contributed by atoms with Gasteiger partial charge >= 0.3 is 0 Å². The maximum Gasteiger partial charge on any atom is 0.256 e. The van der Waals surface area contributed by atoms with Crippen molar-refractivity contribution in [2.45, 2.75) is 39.0 Å². The molecule has 0 saturated carbocycles. The smallest absolute Gasteiger partial charge is 0.256 e. The van der Waals surface area contributed by atoms with Gasteiger partial charge in [0.2, 0.25) is 5.91 Å². The first kappa shape index (κ1) is 23.6. The molecule has 0 radical (unpaired) electrons. The zero-order chi connectivity index (χ0) is 20.9. The number of carbonyl (C=O) groups excluding carboxylic acids is 2. The Morgan fingerprint density at radius 1 is 1.18 bits per heavy atom. The van der Waals surface area contributed by atoms with Crippen LogP contribution in [0.25, 0.3) is 0 Å². The summed E-state index contributed by atoms with van der Waals surface area (Å²) in [5.74, 6) is -0.527. The zero-order valence-corrected chi connectivity index (χ0v) is 16.8. The van der Waals surface area contributed by atoms with E-state index in [1.165, 1.54) is 6.20 Å². The maximum absolute atomic E-state index is 12.8. The van der Waals surface area contributed by atoms with Crippen LogP contribution >= 0.6 is 0 Å². The molecule has 0 aliphatic carbocycles. The van der Waals surface area contributed by atoms with Crippen molar-refractivity contribution in [3.8, 4) is 0 Å². The van der Waals surface area contributed by atoms with Crippen LogP contribution in [0.5, 0.6) is 0 Å². The number of likely N-dealkylation sites (N-methyl/N-ethyl adjacent to an activating group) is 1. The van der Waals surface area contributed by atoms with E-state index in [1.807, 2.05) is 13.8 Å². The lowest BCUT2D eigenvalue weighted by Gasteiger charge is -2.25. The van der Waals surface area contributed by atoms with E-state index >= 15 is 0 Å². The molecular weight excluding hydrogens is 358 g/mol. The fourth-order valence-corrected chi connectivity index (χ4v) is 2.43. The summed E-state index contributed by atoms with van der Waals surface area (Å²) in [7, 11) is 1.69. The van der Waals surface area contributed by atoms with Gasteiger partial charge in [0, 0.05) is 17.6 Å². The molecule has 0 saturated heterocycles. The molecule has 2 amide bonds. The molecule has 0 fully saturated rings. The van der Waals surface area contributed by atoms with Crippen LogP contribution in [-0.4, -0.2) is 44.3 Å². The lowest BCUT2D eigenvalue weighted by atomic mass is 10.1. The molecular formula is C19H33N7O2. The Hall–Kier alpha value is -2.46. The van der Waals surface area contributed by atoms with Crippen molar-refractivity contribution in [3.05, 3.63) is 36.0 Å². The second-order valence-electron chi connectivity index (χ2n) is 6.30. The van der Waals surface area contributed by atoms with Crippen molar-refractivity contribution in [2.24, 2.45) is 11.5 Å². The third kappa shape index (κ3) is 8.05. The molecule has 1 rings (SSSR count). The Bertz CT molecular complexity index is 663. The molecule has 1 aromatic carbocycles. The minimum atomic E-state index is -0.474. The highest BCUT2D eigenvalue weighted by Gasteiger charge is 2.22. The number of nitrogens with two attached hydrogens (primary N) is 2. The number of nitrogens with one attached hydrogen (secondary N) is 5. The van der Waals surface area contributed by atoms with Crippen LogP contribution in [0.3, 0.4) is 0 Å². The van der Waals surface area contributed by atoms with Crippen molar-refractivity contribution >= 4 is 23.2 Å². The van der Waals surface area contributed by atoms with E-state index in [1.54, 1.807) is 31.3 Å². The average molecular weight is 392 g/mol. The predicted molar refractivity (Wildman–Crippen MR) is 113 cm³/mol. The molecule has 0 aliphatic heterocycles. The highest BCUT2D eigenvalue weighted by atomic mass is 16.2. The lowest BCUT2D eigenvalue weighted by Crippen LogP contribution is -2.53. The molecule has 0 spiro atoms. The minimum Gasteiger partial charge on any atom is -0.404 e. The third-order valence-corrected chi connectivity index (χ3v) is 3.91. The average Bonchev–Trinajstić information content (AvgIpc) is 2.66. The molecule has 0 aromatic heterocycles. The van der Waals surface area contributed by atoms with Gasteiger partial charge in [-0.25, -0.2) is 0 Å². The van der Waals surface area contributed by atoms with Gasteiger partial charge in [0.05, 0.1) is 24.4 Å². The first-order chi connectivity index (χ1) is 13.4. The molecule has 1 aromatic rings. The summed E-state index contributed by atoms with van der Waals surface area (Å²) in [6, 6.07) is 6.91. The number of rotatable bonds is 12. The van der Waals surface area contributed by atoms with Crippen LogP contribution in [0.15, 0.2) is 36.0 Å². The monoisotopic (exact) mass is 391 g/mol. The number of anilines is 2.